The van der Waals surface area contributed by atoms with E-state index in [1.54, 1.807) is 12.1 Å². The van der Waals surface area contributed by atoms with E-state index < -0.39 is 46.2 Å². The molecule has 0 aliphatic rings. The van der Waals surface area contributed by atoms with Crippen molar-refractivity contribution in [2.24, 2.45) is 0 Å². The summed E-state index contributed by atoms with van der Waals surface area (Å²) in [6.45, 7) is 2.68. The maximum absolute atomic E-state index is 13.7. The first-order valence-corrected chi connectivity index (χ1v) is 11.2. The summed E-state index contributed by atoms with van der Waals surface area (Å²) in [5.74, 6) is -7.27. The number of unbranched alkanes of at least 4 members (excludes halogenated alkanes) is 3. The second-order valence-corrected chi connectivity index (χ2v) is 7.86. The number of carbonyl (C=O) groups excluding carboxylic acids is 2. The van der Waals surface area contributed by atoms with Crippen LogP contribution in [0.1, 0.15) is 64.4 Å². The lowest BCUT2D eigenvalue weighted by Gasteiger charge is -2.07. The molecule has 0 amide bonds. The highest BCUT2D eigenvalue weighted by atomic mass is 19.2. The van der Waals surface area contributed by atoms with Gasteiger partial charge in [0.05, 0.1) is 6.61 Å². The van der Waals surface area contributed by atoms with Crippen LogP contribution in [0.25, 0.3) is 0 Å². The van der Waals surface area contributed by atoms with Crippen LogP contribution in [0, 0.1) is 40.9 Å². The predicted molar refractivity (Wildman–Crippen MR) is 123 cm³/mol. The van der Waals surface area contributed by atoms with E-state index >= 15 is 0 Å². The summed E-state index contributed by atoms with van der Waals surface area (Å²) < 4.78 is 72.8. The van der Waals surface area contributed by atoms with Crippen molar-refractivity contribution in [3.05, 3.63) is 99.9 Å². The summed E-state index contributed by atoms with van der Waals surface area (Å²) in [5, 5.41) is 0. The van der Waals surface area contributed by atoms with Gasteiger partial charge in [0.2, 0.25) is 17.4 Å². The van der Waals surface area contributed by atoms with E-state index in [1.807, 2.05) is 5.92 Å². The van der Waals surface area contributed by atoms with E-state index in [0.717, 1.165) is 25.7 Å². The van der Waals surface area contributed by atoms with Crippen LogP contribution in [-0.2, 0) is 0 Å². The Bertz CT molecular complexity index is 1290. The Kier molecular flexibility index (Phi) is 8.96. The summed E-state index contributed by atoms with van der Waals surface area (Å²) in [7, 11) is 0. The quantitative estimate of drug-likeness (QED) is 0.0617. The zero-order valence-corrected chi connectivity index (χ0v) is 19.3. The molecule has 0 saturated carbocycles. The van der Waals surface area contributed by atoms with Crippen molar-refractivity contribution in [2.75, 3.05) is 6.61 Å². The van der Waals surface area contributed by atoms with E-state index in [4.69, 9.17) is 4.74 Å². The fraction of sp³-hybridized carbons (Fsp3) is 0.214. The molecule has 0 aliphatic carbocycles. The standard InChI is InChI=1S/C28H21F5O3/c1-2-3-4-5-16-36-20-13-11-19(12-14-20)28(35)27(34)18-9-6-17(7-10-18)8-15-21-22(29)24(31)26(33)25(32)23(21)30/h6-7,9-14H,2-5,16H2,1H3. The minimum Gasteiger partial charge on any atom is -0.494 e. The Morgan fingerprint density at radius 1 is 0.667 bits per heavy atom. The third kappa shape index (κ3) is 6.16. The smallest absolute Gasteiger partial charge is 0.233 e. The first-order valence-electron chi connectivity index (χ1n) is 11.2. The van der Waals surface area contributed by atoms with Crippen molar-refractivity contribution < 1.29 is 36.3 Å². The minimum absolute atomic E-state index is 0.0398. The number of carbonyl (C=O) groups is 2. The van der Waals surface area contributed by atoms with Gasteiger partial charge in [0.25, 0.3) is 0 Å². The fourth-order valence-electron chi connectivity index (χ4n) is 3.24. The SMILES string of the molecule is CCCCCCOc1ccc(C(=O)C(=O)c2ccc(C#Cc3c(F)c(F)c(F)c(F)c3F)cc2)cc1. The third-order valence-electron chi connectivity index (χ3n) is 5.28. The first kappa shape index (κ1) is 26.6. The molecule has 0 aliphatic heterocycles. The van der Waals surface area contributed by atoms with Gasteiger partial charge in [-0.2, -0.15) is 0 Å². The van der Waals surface area contributed by atoms with Crippen molar-refractivity contribution in [1.82, 2.24) is 0 Å². The van der Waals surface area contributed by atoms with Crippen LogP contribution in [0.15, 0.2) is 48.5 Å². The van der Waals surface area contributed by atoms with Crippen molar-refractivity contribution in [3.63, 3.8) is 0 Å². The van der Waals surface area contributed by atoms with E-state index in [2.05, 4.69) is 12.8 Å². The highest BCUT2D eigenvalue weighted by Crippen LogP contribution is 2.22. The molecule has 3 aromatic rings. The van der Waals surface area contributed by atoms with Crippen LogP contribution in [0.4, 0.5) is 22.0 Å². The minimum atomic E-state index is -2.27. The topological polar surface area (TPSA) is 43.4 Å². The van der Waals surface area contributed by atoms with Gasteiger partial charge >= 0.3 is 0 Å². The van der Waals surface area contributed by atoms with Gasteiger partial charge < -0.3 is 4.74 Å². The molecular weight excluding hydrogens is 479 g/mol. The molecule has 0 aromatic heterocycles. The van der Waals surface area contributed by atoms with E-state index in [9.17, 15) is 31.5 Å². The van der Waals surface area contributed by atoms with Gasteiger partial charge in [-0.1, -0.05) is 38.0 Å². The van der Waals surface area contributed by atoms with Crippen LogP contribution in [-0.4, -0.2) is 18.2 Å². The summed E-state index contributed by atoms with van der Waals surface area (Å²) in [4.78, 5) is 25.1. The van der Waals surface area contributed by atoms with Crippen LogP contribution in [0.3, 0.4) is 0 Å². The fourth-order valence-corrected chi connectivity index (χ4v) is 3.24. The molecule has 3 rings (SSSR count). The van der Waals surface area contributed by atoms with Gasteiger partial charge in [-0.25, -0.2) is 22.0 Å². The molecule has 186 valence electrons. The second-order valence-electron chi connectivity index (χ2n) is 7.86. The number of ketones is 2. The normalized spacial score (nSPS) is 10.5. The number of benzene rings is 3. The largest absolute Gasteiger partial charge is 0.494 e. The van der Waals surface area contributed by atoms with Crippen molar-refractivity contribution >= 4 is 11.6 Å². The molecule has 8 heteroatoms. The van der Waals surface area contributed by atoms with E-state index in [-0.39, 0.29) is 16.7 Å². The summed E-state index contributed by atoms with van der Waals surface area (Å²) in [6, 6.07) is 11.3. The first-order chi connectivity index (χ1) is 17.2. The van der Waals surface area contributed by atoms with Crippen molar-refractivity contribution in [2.45, 2.75) is 32.6 Å². The maximum Gasteiger partial charge on any atom is 0.233 e. The molecule has 0 N–H and O–H groups in total. The molecule has 3 nitrogen and oxygen atoms in total. The summed E-state index contributed by atoms with van der Waals surface area (Å²) in [6.07, 6.45) is 4.26. The van der Waals surface area contributed by atoms with Crippen molar-refractivity contribution in [1.29, 1.82) is 0 Å². The molecular formula is C28H21F5O3. The highest BCUT2D eigenvalue weighted by molar-refractivity contribution is 6.49. The van der Waals surface area contributed by atoms with Gasteiger partial charge in [-0.3, -0.25) is 9.59 Å². The number of hydrogen-bond donors (Lipinski definition) is 0. The Morgan fingerprint density at radius 3 is 1.69 bits per heavy atom. The Hall–Kier alpha value is -3.99. The van der Waals surface area contributed by atoms with Gasteiger partial charge in [0.1, 0.15) is 11.3 Å². The molecule has 0 radical (unpaired) electrons. The predicted octanol–water partition coefficient (Wildman–Crippen LogP) is 6.81. The summed E-state index contributed by atoms with van der Waals surface area (Å²) >= 11 is 0. The van der Waals surface area contributed by atoms with Gasteiger partial charge in [-0.05, 0) is 55.0 Å². The number of Topliss-reactive ketones (excluding diaryl/α,β-unsaturated/α-hetero) is 2. The van der Waals surface area contributed by atoms with Crippen molar-refractivity contribution in [3.8, 4) is 17.6 Å². The molecule has 0 unspecified atom stereocenters. The Balaban J connectivity index is 1.67. The number of halogens is 5. The lowest BCUT2D eigenvalue weighted by Crippen LogP contribution is -2.14. The maximum atomic E-state index is 13.7. The molecule has 36 heavy (non-hydrogen) atoms. The zero-order chi connectivity index (χ0) is 26.2. The molecule has 0 bridgehead atoms. The molecule has 0 fully saturated rings. The number of hydrogen-bond acceptors (Lipinski definition) is 3. The Labute approximate surface area is 204 Å². The van der Waals surface area contributed by atoms with Crippen LogP contribution >= 0.6 is 0 Å². The average molecular weight is 500 g/mol. The van der Waals surface area contributed by atoms with Crippen LogP contribution < -0.4 is 4.74 Å². The second kappa shape index (κ2) is 12.1. The lowest BCUT2D eigenvalue weighted by atomic mass is 10.0. The highest BCUT2D eigenvalue weighted by Gasteiger charge is 2.24. The van der Waals surface area contributed by atoms with Gasteiger partial charge in [-0.15, -0.1) is 0 Å². The van der Waals surface area contributed by atoms with E-state index in [1.165, 1.54) is 36.4 Å². The molecule has 0 spiro atoms. The number of rotatable bonds is 9. The van der Waals surface area contributed by atoms with E-state index in [0.29, 0.717) is 12.4 Å². The molecule has 0 heterocycles. The number of ether oxygens (including phenoxy) is 1. The third-order valence-corrected chi connectivity index (χ3v) is 5.28. The molecule has 0 saturated heterocycles. The zero-order valence-electron chi connectivity index (χ0n) is 19.3. The average Bonchev–Trinajstić information content (AvgIpc) is 2.90. The summed E-state index contributed by atoms with van der Waals surface area (Å²) in [5.41, 5.74) is -0.926. The lowest BCUT2D eigenvalue weighted by molar-refractivity contribution is 0.0817. The van der Waals surface area contributed by atoms with Crippen LogP contribution in [0.5, 0.6) is 5.75 Å². The molecule has 3 aromatic carbocycles. The monoisotopic (exact) mass is 500 g/mol. The molecule has 0 atom stereocenters. The van der Waals surface area contributed by atoms with Gasteiger partial charge in [0, 0.05) is 16.7 Å². The van der Waals surface area contributed by atoms with Crippen LogP contribution in [0.2, 0.25) is 0 Å². The Morgan fingerprint density at radius 2 is 1.17 bits per heavy atom. The van der Waals surface area contributed by atoms with Gasteiger partial charge in [0.15, 0.2) is 23.3 Å².